The highest BCUT2D eigenvalue weighted by atomic mass is 32.1. The van der Waals surface area contributed by atoms with Gasteiger partial charge in [-0.05, 0) is 93.7 Å². The largest absolute Gasteiger partial charge is 0.346 e. The molecule has 0 spiro atoms. The highest BCUT2D eigenvalue weighted by molar-refractivity contribution is 7.80. The Labute approximate surface area is 166 Å². The van der Waals surface area contributed by atoms with Gasteiger partial charge in [-0.3, -0.25) is 9.69 Å². The van der Waals surface area contributed by atoms with Gasteiger partial charge in [0.2, 0.25) is 0 Å². The first-order valence-electron chi connectivity index (χ1n) is 9.39. The van der Waals surface area contributed by atoms with Gasteiger partial charge < -0.3 is 9.47 Å². The van der Waals surface area contributed by atoms with Crippen LogP contribution in [0.2, 0.25) is 0 Å². The number of anilines is 1. The number of amides is 1. The predicted molar refractivity (Wildman–Crippen MR) is 114 cm³/mol. The molecule has 1 aromatic heterocycles. The van der Waals surface area contributed by atoms with Gasteiger partial charge in [0.1, 0.15) is 5.70 Å². The number of carbonyl (C=O) groups excluding carboxylic acids is 1. The van der Waals surface area contributed by atoms with Crippen LogP contribution in [0.3, 0.4) is 0 Å². The van der Waals surface area contributed by atoms with Crippen molar-refractivity contribution in [2.24, 2.45) is 0 Å². The normalized spacial score (nSPS) is 18.9. The Morgan fingerprint density at radius 1 is 1.07 bits per heavy atom. The fourth-order valence-corrected chi connectivity index (χ4v) is 4.13. The lowest BCUT2D eigenvalue weighted by Crippen LogP contribution is -2.31. The third-order valence-electron chi connectivity index (χ3n) is 5.74. The summed E-state index contributed by atoms with van der Waals surface area (Å²) in [6, 6.07) is 8.81. The van der Waals surface area contributed by atoms with Gasteiger partial charge >= 0.3 is 0 Å². The molecule has 1 saturated heterocycles. The van der Waals surface area contributed by atoms with Gasteiger partial charge in [0.05, 0.1) is 5.69 Å². The molecule has 0 radical (unpaired) electrons. The van der Waals surface area contributed by atoms with Gasteiger partial charge in [-0.2, -0.15) is 0 Å². The molecule has 1 aliphatic carbocycles. The summed E-state index contributed by atoms with van der Waals surface area (Å²) in [5.74, 6) is -0.0676. The van der Waals surface area contributed by atoms with E-state index < -0.39 is 0 Å². The van der Waals surface area contributed by atoms with E-state index in [2.05, 4.69) is 38.3 Å². The van der Waals surface area contributed by atoms with E-state index in [1.54, 1.807) is 4.90 Å². The average molecular weight is 380 g/mol. The van der Waals surface area contributed by atoms with Crippen molar-refractivity contribution >= 4 is 35.0 Å². The fourth-order valence-electron chi connectivity index (χ4n) is 3.84. The number of aryl methyl sites for hydroxylation is 3. The third-order valence-corrected chi connectivity index (χ3v) is 6.19. The van der Waals surface area contributed by atoms with Gasteiger partial charge in [-0.25, -0.2) is 0 Å². The lowest BCUT2D eigenvalue weighted by Gasteiger charge is -2.17. The maximum Gasteiger partial charge on any atom is 0.281 e. The zero-order valence-electron chi connectivity index (χ0n) is 16.5. The van der Waals surface area contributed by atoms with Crippen molar-refractivity contribution in [2.75, 3.05) is 11.9 Å². The van der Waals surface area contributed by atoms with Crippen molar-refractivity contribution in [2.45, 2.75) is 46.6 Å². The number of aromatic nitrogens is 1. The summed E-state index contributed by atoms with van der Waals surface area (Å²) in [4.78, 5) is 16.6. The highest BCUT2D eigenvalue weighted by Gasteiger charge is 2.37. The van der Waals surface area contributed by atoms with E-state index in [1.165, 1.54) is 29.8 Å². The average Bonchev–Trinajstić information content (AvgIpc) is 3.37. The minimum absolute atomic E-state index is 0.0676. The number of nitrogens with zero attached hydrogens (tertiary/aromatic N) is 3. The van der Waals surface area contributed by atoms with Crippen molar-refractivity contribution in [3.63, 3.8) is 0 Å². The number of hydrogen-bond donors (Lipinski definition) is 0. The fraction of sp³-hybridized carbons (Fsp3) is 0.364. The maximum atomic E-state index is 13.2. The van der Waals surface area contributed by atoms with Crippen LogP contribution in [0.25, 0.3) is 6.08 Å². The summed E-state index contributed by atoms with van der Waals surface area (Å²) in [5, 5.41) is 0.519. The molecule has 1 saturated carbocycles. The molecule has 27 heavy (non-hydrogen) atoms. The van der Waals surface area contributed by atoms with E-state index in [1.807, 2.05) is 36.2 Å². The first-order valence-corrected chi connectivity index (χ1v) is 9.80. The van der Waals surface area contributed by atoms with Gasteiger partial charge in [0, 0.05) is 24.5 Å². The van der Waals surface area contributed by atoms with Crippen LogP contribution in [0, 0.1) is 27.7 Å². The van der Waals surface area contributed by atoms with Crippen LogP contribution >= 0.6 is 12.2 Å². The molecule has 0 unspecified atom stereocenters. The van der Waals surface area contributed by atoms with E-state index in [-0.39, 0.29) is 5.91 Å². The second-order valence-corrected chi connectivity index (χ2v) is 8.07. The molecule has 0 bridgehead atoms. The molecule has 0 N–H and O–H groups in total. The molecule has 140 valence electrons. The topological polar surface area (TPSA) is 28.5 Å². The molecule has 2 fully saturated rings. The van der Waals surface area contributed by atoms with Crippen LogP contribution in [0.15, 0.2) is 30.0 Å². The molecule has 0 atom stereocenters. The number of benzene rings is 1. The Morgan fingerprint density at radius 2 is 1.78 bits per heavy atom. The van der Waals surface area contributed by atoms with Crippen molar-refractivity contribution < 1.29 is 4.79 Å². The standard InChI is InChI=1S/C22H25N3OS/c1-13-6-7-19(10-14(13)2)25-21(26)20(23(5)22(25)27)12-17-11-15(3)24(16(17)4)18-8-9-18/h6-7,10-12,18H,8-9H2,1-5H3/b20-12-. The lowest BCUT2D eigenvalue weighted by atomic mass is 10.1. The highest BCUT2D eigenvalue weighted by Crippen LogP contribution is 2.39. The number of rotatable bonds is 3. The Balaban J connectivity index is 1.73. The van der Waals surface area contributed by atoms with Gasteiger partial charge in [0.25, 0.3) is 5.91 Å². The van der Waals surface area contributed by atoms with E-state index in [4.69, 9.17) is 12.2 Å². The van der Waals surface area contributed by atoms with Crippen LogP contribution < -0.4 is 4.90 Å². The van der Waals surface area contributed by atoms with Gasteiger partial charge in [-0.1, -0.05) is 6.07 Å². The second kappa shape index (κ2) is 6.34. The summed E-state index contributed by atoms with van der Waals surface area (Å²) in [6.07, 6.45) is 4.47. The van der Waals surface area contributed by atoms with Crippen LogP contribution in [0.4, 0.5) is 5.69 Å². The predicted octanol–water partition coefficient (Wildman–Crippen LogP) is 4.66. The monoisotopic (exact) mass is 379 g/mol. The number of likely N-dealkylation sites (N-methyl/N-ethyl adjacent to an activating group) is 1. The van der Waals surface area contributed by atoms with E-state index in [9.17, 15) is 4.79 Å². The van der Waals surface area contributed by atoms with Crippen molar-refractivity contribution in [1.82, 2.24) is 9.47 Å². The molecule has 2 aliphatic rings. The van der Waals surface area contributed by atoms with Crippen molar-refractivity contribution in [1.29, 1.82) is 0 Å². The third kappa shape index (κ3) is 2.90. The minimum Gasteiger partial charge on any atom is -0.346 e. The minimum atomic E-state index is -0.0676. The lowest BCUT2D eigenvalue weighted by molar-refractivity contribution is -0.114. The molecule has 1 aromatic carbocycles. The Morgan fingerprint density at radius 3 is 2.41 bits per heavy atom. The zero-order valence-corrected chi connectivity index (χ0v) is 17.4. The molecule has 4 nitrogen and oxygen atoms in total. The van der Waals surface area contributed by atoms with Crippen LogP contribution in [0.5, 0.6) is 0 Å². The maximum absolute atomic E-state index is 13.2. The molecular weight excluding hydrogens is 354 g/mol. The summed E-state index contributed by atoms with van der Waals surface area (Å²) in [6.45, 7) is 8.39. The summed E-state index contributed by atoms with van der Waals surface area (Å²) in [7, 11) is 1.87. The van der Waals surface area contributed by atoms with Gasteiger partial charge in [-0.15, -0.1) is 0 Å². The second-order valence-electron chi connectivity index (χ2n) is 7.71. The van der Waals surface area contributed by atoms with Crippen molar-refractivity contribution in [3.8, 4) is 0 Å². The van der Waals surface area contributed by atoms with Crippen LogP contribution in [-0.2, 0) is 4.79 Å². The Bertz CT molecular complexity index is 997. The van der Waals surface area contributed by atoms with Gasteiger partial charge in [0.15, 0.2) is 5.11 Å². The summed E-state index contributed by atoms with van der Waals surface area (Å²) < 4.78 is 2.39. The van der Waals surface area contributed by atoms with Crippen molar-refractivity contribution in [3.05, 3.63) is 58.0 Å². The van der Waals surface area contributed by atoms with E-state index >= 15 is 0 Å². The molecule has 1 amide bonds. The number of hydrogen-bond acceptors (Lipinski definition) is 2. The SMILES string of the molecule is Cc1ccc(N2C(=O)/C(=C/c3cc(C)n(C4CC4)c3C)N(C)C2=S)cc1C. The molecule has 2 aromatic rings. The van der Waals surface area contributed by atoms with E-state index in [0.717, 1.165) is 16.8 Å². The number of thiocarbonyl (C=S) groups is 1. The van der Waals surface area contributed by atoms with Crippen LogP contribution in [-0.4, -0.2) is 27.5 Å². The Kier molecular flexibility index (Phi) is 4.22. The zero-order chi connectivity index (χ0) is 19.5. The number of carbonyl (C=O) groups is 1. The Hall–Kier alpha value is -2.40. The van der Waals surface area contributed by atoms with Crippen LogP contribution in [0.1, 0.15) is 47.0 Å². The molecule has 2 heterocycles. The summed E-state index contributed by atoms with van der Waals surface area (Å²) >= 11 is 5.59. The van der Waals surface area contributed by atoms with E-state index in [0.29, 0.717) is 16.9 Å². The molecular formula is C22H25N3OS. The molecule has 4 rings (SSSR count). The summed E-state index contributed by atoms with van der Waals surface area (Å²) in [5.41, 5.74) is 7.37. The quantitative estimate of drug-likeness (QED) is 0.573. The molecule has 5 heteroatoms. The first-order chi connectivity index (χ1) is 12.8. The molecule has 1 aliphatic heterocycles. The smallest absolute Gasteiger partial charge is 0.281 e. The first kappa shape index (κ1) is 18.0.